The Morgan fingerprint density at radius 2 is 1.89 bits per heavy atom. The molecule has 144 valence electrons. The van der Waals surface area contributed by atoms with E-state index in [1.54, 1.807) is 0 Å². The Balaban J connectivity index is 1.41. The summed E-state index contributed by atoms with van der Waals surface area (Å²) in [5.74, 6) is 1.73. The van der Waals surface area contributed by atoms with E-state index in [0.717, 1.165) is 31.7 Å². The van der Waals surface area contributed by atoms with Crippen LogP contribution >= 0.6 is 22.6 Å². The summed E-state index contributed by atoms with van der Waals surface area (Å²) in [5.41, 5.74) is 5.30. The first-order valence-corrected chi connectivity index (χ1v) is 11.2. The van der Waals surface area contributed by atoms with E-state index in [-0.39, 0.29) is 0 Å². The van der Waals surface area contributed by atoms with Gasteiger partial charge in [0, 0.05) is 34.7 Å². The van der Waals surface area contributed by atoms with Gasteiger partial charge in [-0.25, -0.2) is 4.68 Å². The van der Waals surface area contributed by atoms with Crippen LogP contribution in [-0.2, 0) is 13.0 Å². The van der Waals surface area contributed by atoms with Gasteiger partial charge in [0.25, 0.3) is 0 Å². The van der Waals surface area contributed by atoms with E-state index in [0.29, 0.717) is 5.92 Å². The van der Waals surface area contributed by atoms with Gasteiger partial charge in [0.05, 0.1) is 11.4 Å². The van der Waals surface area contributed by atoms with Gasteiger partial charge in [0.1, 0.15) is 5.82 Å². The van der Waals surface area contributed by atoms with Crippen molar-refractivity contribution >= 4 is 28.4 Å². The lowest BCUT2D eigenvalue weighted by Crippen LogP contribution is -2.34. The molecule has 3 aromatic rings. The van der Waals surface area contributed by atoms with Gasteiger partial charge in [-0.2, -0.15) is 5.10 Å². The highest BCUT2D eigenvalue weighted by Gasteiger charge is 2.30. The monoisotopic (exact) mass is 484 g/mol. The Labute approximate surface area is 180 Å². The van der Waals surface area contributed by atoms with Crippen LogP contribution in [0.15, 0.2) is 54.6 Å². The molecule has 0 spiro atoms. The molecule has 1 saturated heterocycles. The zero-order chi connectivity index (χ0) is 18.9. The van der Waals surface area contributed by atoms with Crippen molar-refractivity contribution in [1.29, 1.82) is 0 Å². The Kier molecular flexibility index (Phi) is 5.11. The molecule has 1 fully saturated rings. The first-order valence-electron chi connectivity index (χ1n) is 10.2. The van der Waals surface area contributed by atoms with Gasteiger partial charge in [0.15, 0.2) is 0 Å². The number of nitrogens with one attached hydrogen (secondary N) is 1. The molecule has 1 unspecified atom stereocenters. The Bertz CT molecular complexity index is 949. The maximum atomic E-state index is 5.12. The van der Waals surface area contributed by atoms with Crippen molar-refractivity contribution in [2.45, 2.75) is 31.7 Å². The van der Waals surface area contributed by atoms with E-state index in [1.807, 2.05) is 0 Å². The maximum absolute atomic E-state index is 5.12. The molecule has 2 aromatic carbocycles. The van der Waals surface area contributed by atoms with E-state index in [1.165, 1.54) is 45.6 Å². The number of aromatic nitrogens is 2. The van der Waals surface area contributed by atoms with Crippen molar-refractivity contribution in [3.63, 3.8) is 0 Å². The summed E-state index contributed by atoms with van der Waals surface area (Å²) in [6, 6.07) is 19.5. The molecule has 0 saturated carbocycles. The first kappa shape index (κ1) is 18.2. The third-order valence-corrected chi connectivity index (χ3v) is 6.61. The van der Waals surface area contributed by atoms with Crippen LogP contribution in [0.5, 0.6) is 0 Å². The predicted octanol–water partition coefficient (Wildman–Crippen LogP) is 4.82. The molecule has 0 aliphatic carbocycles. The van der Waals surface area contributed by atoms with Crippen LogP contribution in [0.25, 0.3) is 5.69 Å². The second-order valence-corrected chi connectivity index (χ2v) is 9.08. The topological polar surface area (TPSA) is 33.1 Å². The van der Waals surface area contributed by atoms with Crippen molar-refractivity contribution in [3.8, 4) is 5.69 Å². The van der Waals surface area contributed by atoms with Gasteiger partial charge < -0.3 is 5.32 Å². The minimum atomic E-state index is 0.524. The highest BCUT2D eigenvalue weighted by molar-refractivity contribution is 14.1. The molecule has 2 aliphatic heterocycles. The minimum Gasteiger partial charge on any atom is -0.369 e. The van der Waals surface area contributed by atoms with Crippen LogP contribution in [-0.4, -0.2) is 34.3 Å². The minimum absolute atomic E-state index is 0.524. The number of nitrogens with zero attached hydrogens (tertiary/aromatic N) is 3. The molecule has 1 atom stereocenters. The van der Waals surface area contributed by atoms with Crippen molar-refractivity contribution in [1.82, 2.24) is 14.7 Å². The summed E-state index contributed by atoms with van der Waals surface area (Å²) in [7, 11) is 0. The second-order valence-electron chi connectivity index (χ2n) is 7.84. The molecule has 5 heteroatoms. The number of likely N-dealkylation sites (tertiary alicyclic amines) is 1. The largest absolute Gasteiger partial charge is 0.369 e. The van der Waals surface area contributed by atoms with Gasteiger partial charge in [-0.05, 0) is 78.2 Å². The van der Waals surface area contributed by atoms with E-state index in [2.05, 4.69) is 92.1 Å². The molecule has 28 heavy (non-hydrogen) atoms. The number of halogens is 1. The van der Waals surface area contributed by atoms with Crippen LogP contribution in [0, 0.1) is 3.57 Å². The Morgan fingerprint density at radius 1 is 1.07 bits per heavy atom. The third kappa shape index (κ3) is 3.57. The molecular weight excluding hydrogens is 459 g/mol. The van der Waals surface area contributed by atoms with Gasteiger partial charge in [0.2, 0.25) is 0 Å². The van der Waals surface area contributed by atoms with Crippen LogP contribution in [0.1, 0.15) is 35.6 Å². The van der Waals surface area contributed by atoms with E-state index in [4.69, 9.17) is 5.10 Å². The first-order chi connectivity index (χ1) is 13.8. The van der Waals surface area contributed by atoms with Crippen molar-refractivity contribution in [3.05, 3.63) is 75.0 Å². The lowest BCUT2D eigenvalue weighted by atomic mass is 9.91. The molecule has 0 radical (unpaired) electrons. The lowest BCUT2D eigenvalue weighted by Gasteiger charge is -2.32. The molecule has 0 bridgehead atoms. The summed E-state index contributed by atoms with van der Waals surface area (Å²) >= 11 is 2.35. The summed E-state index contributed by atoms with van der Waals surface area (Å²) in [4.78, 5) is 2.60. The smallest absolute Gasteiger partial charge is 0.133 e. The van der Waals surface area contributed by atoms with Crippen LogP contribution in [0.4, 0.5) is 5.82 Å². The van der Waals surface area contributed by atoms with Gasteiger partial charge in [-0.3, -0.25) is 4.90 Å². The van der Waals surface area contributed by atoms with Gasteiger partial charge >= 0.3 is 0 Å². The Hall–Kier alpha value is -1.86. The molecular formula is C23H25IN4. The summed E-state index contributed by atoms with van der Waals surface area (Å²) < 4.78 is 3.38. The zero-order valence-corrected chi connectivity index (χ0v) is 18.1. The van der Waals surface area contributed by atoms with Gasteiger partial charge in [-0.15, -0.1) is 0 Å². The fraction of sp³-hybridized carbons (Fsp3) is 0.348. The normalized spacial score (nSPS) is 19.4. The zero-order valence-electron chi connectivity index (χ0n) is 15.9. The van der Waals surface area contributed by atoms with Crippen LogP contribution < -0.4 is 5.32 Å². The highest BCUT2D eigenvalue weighted by Crippen LogP contribution is 2.36. The highest BCUT2D eigenvalue weighted by atomic mass is 127. The van der Waals surface area contributed by atoms with Crippen molar-refractivity contribution < 1.29 is 0 Å². The SMILES string of the molecule is Ic1ccc(-n2nc(C3CCCN(Cc4ccccc4)C3)c3c2NCC3)cc1. The molecule has 5 rings (SSSR count). The fourth-order valence-corrected chi connectivity index (χ4v) is 4.92. The van der Waals surface area contributed by atoms with E-state index >= 15 is 0 Å². The predicted molar refractivity (Wildman–Crippen MR) is 122 cm³/mol. The molecule has 1 aromatic heterocycles. The van der Waals surface area contributed by atoms with Crippen molar-refractivity contribution in [2.75, 3.05) is 25.0 Å². The average Bonchev–Trinajstić information content (AvgIpc) is 3.33. The average molecular weight is 484 g/mol. The fourth-order valence-electron chi connectivity index (χ4n) is 4.56. The Morgan fingerprint density at radius 3 is 2.71 bits per heavy atom. The summed E-state index contributed by atoms with van der Waals surface area (Å²) in [6.45, 7) is 4.34. The van der Waals surface area contributed by atoms with Crippen LogP contribution in [0.3, 0.4) is 0 Å². The number of benzene rings is 2. The number of hydrogen-bond donors (Lipinski definition) is 1. The number of hydrogen-bond acceptors (Lipinski definition) is 3. The number of anilines is 1. The maximum Gasteiger partial charge on any atom is 0.133 e. The quantitative estimate of drug-likeness (QED) is 0.539. The standard InChI is InChI=1S/C23H25IN4/c24-19-8-10-20(11-9-19)28-23-21(12-13-25-23)22(26-28)18-7-4-14-27(16-18)15-17-5-2-1-3-6-17/h1-3,5-6,8-11,18,25H,4,7,12-16H2. The molecule has 4 nitrogen and oxygen atoms in total. The molecule has 1 N–H and O–H groups in total. The molecule has 2 aliphatic rings. The molecule has 3 heterocycles. The second kappa shape index (κ2) is 7.87. The van der Waals surface area contributed by atoms with Crippen LogP contribution in [0.2, 0.25) is 0 Å². The number of rotatable bonds is 4. The van der Waals surface area contributed by atoms with Gasteiger partial charge in [-0.1, -0.05) is 30.3 Å². The number of piperidine rings is 1. The van der Waals surface area contributed by atoms with Crippen molar-refractivity contribution in [2.24, 2.45) is 0 Å². The van der Waals surface area contributed by atoms with E-state index < -0.39 is 0 Å². The number of fused-ring (bicyclic) bond motifs is 1. The molecule has 0 amide bonds. The third-order valence-electron chi connectivity index (χ3n) is 5.89. The van der Waals surface area contributed by atoms with E-state index in [9.17, 15) is 0 Å². The lowest BCUT2D eigenvalue weighted by molar-refractivity contribution is 0.198. The summed E-state index contributed by atoms with van der Waals surface area (Å²) in [6.07, 6.45) is 3.57. The summed E-state index contributed by atoms with van der Waals surface area (Å²) in [5, 5.41) is 8.70.